The van der Waals surface area contributed by atoms with Crippen molar-refractivity contribution in [1.82, 2.24) is 4.72 Å². The molecule has 46 heavy (non-hydrogen) atoms. The smallest absolute Gasteiger partial charge is 0.303 e. The number of sulfonamides is 1. The number of aryl methyl sites for hydroxylation is 1. The third-order valence-corrected chi connectivity index (χ3v) is 13.3. The van der Waals surface area contributed by atoms with Gasteiger partial charge in [-0.2, -0.15) is 0 Å². The molecule has 8 nitrogen and oxygen atoms in total. The van der Waals surface area contributed by atoms with E-state index in [1.54, 1.807) is 25.1 Å². The van der Waals surface area contributed by atoms with Gasteiger partial charge in [-0.25, -0.2) is 13.1 Å². The number of allylic oxidation sites excluding steroid dienone is 1. The van der Waals surface area contributed by atoms with Gasteiger partial charge in [0.05, 0.1) is 17.5 Å². The van der Waals surface area contributed by atoms with E-state index in [9.17, 15) is 18.0 Å². The van der Waals surface area contributed by atoms with Gasteiger partial charge in [-0.15, -0.1) is 0 Å². The summed E-state index contributed by atoms with van der Waals surface area (Å²) < 4.78 is 42.1. The summed E-state index contributed by atoms with van der Waals surface area (Å²) in [4.78, 5) is 28.2. The van der Waals surface area contributed by atoms with Crippen LogP contribution < -0.4 is 14.4 Å². The summed E-state index contributed by atoms with van der Waals surface area (Å²) in [6.07, 6.45) is 11.0. The monoisotopic (exact) mass is 666 g/mol. The lowest BCUT2D eigenvalue weighted by molar-refractivity contribution is -0.149. The molecule has 7 rings (SSSR count). The number of fused-ring (bicyclic) bond motifs is 4. The number of amides is 1. The predicted octanol–water partition coefficient (Wildman–Crippen LogP) is 6.21. The van der Waals surface area contributed by atoms with Crippen molar-refractivity contribution in [2.24, 2.45) is 23.7 Å². The molecule has 2 aliphatic heterocycles. The largest absolute Gasteiger partial charge is 0.490 e. The Labute approximate surface area is 276 Å². The first-order chi connectivity index (χ1) is 22.0. The summed E-state index contributed by atoms with van der Waals surface area (Å²) in [6.45, 7) is 5.00. The van der Waals surface area contributed by atoms with Gasteiger partial charge in [0.25, 0.3) is 5.91 Å². The number of benzene rings is 2. The Morgan fingerprint density at radius 1 is 1.09 bits per heavy atom. The number of nitrogens with one attached hydrogen (secondary N) is 1. The number of carbonyl (C=O) groups is 2. The molecule has 2 heterocycles. The Balaban J connectivity index is 1.30. The van der Waals surface area contributed by atoms with Crippen LogP contribution in [0, 0.1) is 23.7 Å². The van der Waals surface area contributed by atoms with Crippen LogP contribution in [0.4, 0.5) is 5.69 Å². The molecule has 1 N–H and O–H groups in total. The molecule has 2 aromatic rings. The van der Waals surface area contributed by atoms with Crippen molar-refractivity contribution in [2.45, 2.75) is 82.0 Å². The zero-order chi connectivity index (χ0) is 32.2. The number of carbonyl (C=O) groups excluding carboxylic acids is 2. The van der Waals surface area contributed by atoms with Crippen LogP contribution in [0.3, 0.4) is 0 Å². The summed E-state index contributed by atoms with van der Waals surface area (Å²) in [6, 6.07) is 11.4. The molecule has 0 aromatic heterocycles. The van der Waals surface area contributed by atoms with Gasteiger partial charge in [-0.1, -0.05) is 23.7 Å². The maximum absolute atomic E-state index is 13.6. The number of ether oxygens (including phenoxy) is 2. The molecule has 0 saturated heterocycles. The van der Waals surface area contributed by atoms with Gasteiger partial charge in [0.1, 0.15) is 11.9 Å². The summed E-state index contributed by atoms with van der Waals surface area (Å²) in [5, 5.41) is -0.0329. The van der Waals surface area contributed by atoms with Crippen molar-refractivity contribution in [3.8, 4) is 5.75 Å². The maximum Gasteiger partial charge on any atom is 0.303 e. The van der Waals surface area contributed by atoms with Crippen LogP contribution in [0.15, 0.2) is 48.6 Å². The van der Waals surface area contributed by atoms with Crippen LogP contribution in [0.2, 0.25) is 5.02 Å². The van der Waals surface area contributed by atoms with Gasteiger partial charge >= 0.3 is 5.97 Å². The molecule has 2 bridgehead atoms. The topological polar surface area (TPSA) is 102 Å². The first-order valence-electron chi connectivity index (χ1n) is 16.7. The average molecular weight is 667 g/mol. The zero-order valence-corrected chi connectivity index (χ0v) is 28.1. The highest BCUT2D eigenvalue weighted by Gasteiger charge is 2.45. The van der Waals surface area contributed by atoms with Gasteiger partial charge in [0.15, 0.2) is 0 Å². The highest BCUT2D eigenvalue weighted by atomic mass is 35.5. The number of hydrogen-bond donors (Lipinski definition) is 1. The molecule has 2 aromatic carbocycles. The van der Waals surface area contributed by atoms with Crippen LogP contribution in [-0.4, -0.2) is 51.3 Å². The summed E-state index contributed by atoms with van der Waals surface area (Å²) in [5.74, 6) is 0.287. The second-order valence-corrected chi connectivity index (χ2v) is 16.7. The van der Waals surface area contributed by atoms with Crippen molar-refractivity contribution in [3.63, 3.8) is 0 Å². The molecule has 1 spiro atoms. The van der Waals surface area contributed by atoms with E-state index < -0.39 is 21.2 Å². The van der Waals surface area contributed by atoms with E-state index in [0.29, 0.717) is 37.8 Å². The molecule has 246 valence electrons. The Kier molecular flexibility index (Phi) is 8.37. The number of rotatable bonds is 2. The van der Waals surface area contributed by atoms with Gasteiger partial charge < -0.3 is 14.4 Å². The molecule has 5 aliphatic rings. The predicted molar refractivity (Wildman–Crippen MR) is 178 cm³/mol. The molecule has 0 unspecified atom stereocenters. The summed E-state index contributed by atoms with van der Waals surface area (Å²) in [7, 11) is -3.96. The van der Waals surface area contributed by atoms with E-state index in [-0.39, 0.29) is 40.8 Å². The molecule has 1 amide bonds. The molecule has 10 heteroatoms. The zero-order valence-electron chi connectivity index (χ0n) is 26.5. The normalized spacial score (nSPS) is 32.9. The van der Waals surface area contributed by atoms with Crippen molar-refractivity contribution in [3.05, 3.63) is 70.3 Å². The molecule has 0 radical (unpaired) electrons. The molecular weight excluding hydrogens is 624 g/mol. The van der Waals surface area contributed by atoms with E-state index >= 15 is 0 Å². The van der Waals surface area contributed by atoms with Crippen molar-refractivity contribution in [2.75, 3.05) is 24.6 Å². The van der Waals surface area contributed by atoms with E-state index in [0.717, 1.165) is 55.7 Å². The van der Waals surface area contributed by atoms with Gasteiger partial charge in [0, 0.05) is 41.9 Å². The minimum absolute atomic E-state index is 0.134. The van der Waals surface area contributed by atoms with Crippen molar-refractivity contribution < 1.29 is 27.5 Å². The minimum atomic E-state index is -3.96. The van der Waals surface area contributed by atoms with Crippen molar-refractivity contribution >= 4 is 39.2 Å². The standard InChI is InChI=1S/C36H43ClN2O6S/c1-22-29(24-8-9-24)6-3-7-33(45-23(2)40)30-13-10-27(30)19-39-20-36(16-4-5-25-17-28(37)12-14-31(25)36)21-44-34-15-11-26(18-32(34)39)35(41)38-46(22,42)43/h3,7,11-12,14-15,17-18,22,24,27,29-30,33H,4-6,8-10,13,16,19-21H2,1-2H3,(H,38,41)/b7-3+/t22-,27-,29-,30+,33-,36-/m0/s1. The number of anilines is 1. The second kappa shape index (κ2) is 12.2. The van der Waals surface area contributed by atoms with E-state index in [4.69, 9.17) is 21.1 Å². The van der Waals surface area contributed by atoms with E-state index in [1.807, 2.05) is 18.2 Å². The van der Waals surface area contributed by atoms with Crippen LogP contribution >= 0.6 is 11.6 Å². The lowest BCUT2D eigenvalue weighted by Gasteiger charge is -2.46. The minimum Gasteiger partial charge on any atom is -0.490 e. The van der Waals surface area contributed by atoms with Gasteiger partial charge in [0.2, 0.25) is 10.0 Å². The number of halogens is 1. The lowest BCUT2D eigenvalue weighted by atomic mass is 9.68. The number of nitrogens with zero attached hydrogens (tertiary/aromatic N) is 1. The number of hydrogen-bond acceptors (Lipinski definition) is 7. The Bertz CT molecular complexity index is 1670. The van der Waals surface area contributed by atoms with Gasteiger partial charge in [-0.3, -0.25) is 9.59 Å². The first-order valence-corrected chi connectivity index (χ1v) is 18.7. The highest BCUT2D eigenvalue weighted by Crippen LogP contribution is 2.47. The summed E-state index contributed by atoms with van der Waals surface area (Å²) in [5.41, 5.74) is 3.27. The third-order valence-electron chi connectivity index (χ3n) is 11.2. The maximum atomic E-state index is 13.6. The Morgan fingerprint density at radius 3 is 2.63 bits per heavy atom. The van der Waals surface area contributed by atoms with E-state index in [2.05, 4.69) is 21.8 Å². The molecule has 3 aliphatic carbocycles. The molecular formula is C36H43ClN2O6S. The van der Waals surface area contributed by atoms with Crippen LogP contribution in [0.1, 0.15) is 80.3 Å². The van der Waals surface area contributed by atoms with Crippen LogP contribution in [0.25, 0.3) is 0 Å². The first kappa shape index (κ1) is 31.6. The molecule has 2 saturated carbocycles. The fourth-order valence-electron chi connectivity index (χ4n) is 8.43. The SMILES string of the molecule is CC(=O)O[C@H]1/C=C/C[C@H](C2CC2)[C@H](C)S(=O)(=O)NC(=O)c2ccc3c(c2)N(C[C@@H]2CC[C@H]21)C[C@@]1(CCCc2cc(Cl)ccc21)CO3. The quantitative estimate of drug-likeness (QED) is 0.301. The van der Waals surface area contributed by atoms with Crippen LogP contribution in [-0.2, 0) is 31.4 Å². The Morgan fingerprint density at radius 2 is 1.89 bits per heavy atom. The fourth-order valence-corrected chi connectivity index (χ4v) is 9.98. The summed E-state index contributed by atoms with van der Waals surface area (Å²) >= 11 is 6.42. The molecule has 2 fully saturated rings. The number of esters is 1. The fraction of sp³-hybridized carbons (Fsp3) is 0.556. The van der Waals surface area contributed by atoms with Gasteiger partial charge in [-0.05, 0) is 124 Å². The highest BCUT2D eigenvalue weighted by molar-refractivity contribution is 7.90. The Hall–Kier alpha value is -3.04. The average Bonchev–Trinajstić information content (AvgIpc) is 3.84. The van der Waals surface area contributed by atoms with Crippen molar-refractivity contribution in [1.29, 1.82) is 0 Å². The van der Waals surface area contributed by atoms with Crippen LogP contribution in [0.5, 0.6) is 5.75 Å². The lowest BCUT2D eigenvalue weighted by Crippen LogP contribution is -2.50. The third kappa shape index (κ3) is 6.05. The van der Waals surface area contributed by atoms with E-state index in [1.165, 1.54) is 18.1 Å². The molecule has 6 atom stereocenters. The second-order valence-electron chi connectivity index (χ2n) is 14.2.